The van der Waals surface area contributed by atoms with E-state index in [1.165, 1.54) is 6.07 Å². The van der Waals surface area contributed by atoms with Crippen LogP contribution in [0.2, 0.25) is 0 Å². The Morgan fingerprint density at radius 3 is 2.48 bits per heavy atom. The minimum absolute atomic E-state index is 0.120. The molecule has 0 bridgehead atoms. The molecule has 0 fully saturated rings. The molecule has 0 saturated heterocycles. The molecule has 158 valence electrons. The van der Waals surface area contributed by atoms with Crippen LogP contribution in [-0.4, -0.2) is 11.0 Å². The summed E-state index contributed by atoms with van der Waals surface area (Å²) in [5.41, 5.74) is 5.44. The van der Waals surface area contributed by atoms with Crippen LogP contribution >= 0.6 is 0 Å². The van der Waals surface area contributed by atoms with Crippen molar-refractivity contribution < 1.29 is 18.7 Å². The molecule has 0 saturated carbocycles. The maximum Gasteiger partial charge on any atom is 0.251 e. The molecule has 31 heavy (non-hydrogen) atoms. The number of aryl methyl sites for hydroxylation is 1. The fourth-order valence-electron chi connectivity index (χ4n) is 4.06. The number of phenols is 1. The third-order valence-electron chi connectivity index (χ3n) is 5.83. The molecule has 5 heteroatoms. The van der Waals surface area contributed by atoms with Gasteiger partial charge in [-0.3, -0.25) is 4.79 Å². The molecule has 1 aliphatic rings. The number of benzene rings is 3. The molecular weight excluding hydrogens is 396 g/mol. The zero-order valence-corrected chi connectivity index (χ0v) is 17.0. The van der Waals surface area contributed by atoms with Crippen LogP contribution in [0.5, 0.6) is 5.75 Å². The molecule has 1 atom stereocenters. The van der Waals surface area contributed by atoms with E-state index in [0.29, 0.717) is 17.0 Å². The lowest BCUT2D eigenvalue weighted by atomic mass is 9.77. The van der Waals surface area contributed by atoms with Crippen LogP contribution < -0.4 is 5.32 Å². The lowest BCUT2D eigenvalue weighted by Gasteiger charge is -2.27. The first-order valence-corrected chi connectivity index (χ1v) is 10.2. The smallest absolute Gasteiger partial charge is 0.251 e. The van der Waals surface area contributed by atoms with E-state index in [9.17, 15) is 18.7 Å². The number of phenolic OH excluding ortho intramolecular Hbond substituents is 1. The van der Waals surface area contributed by atoms with Gasteiger partial charge < -0.3 is 10.4 Å². The van der Waals surface area contributed by atoms with Crippen LogP contribution in [0.25, 0.3) is 5.57 Å². The van der Waals surface area contributed by atoms with E-state index in [-0.39, 0.29) is 18.2 Å². The fraction of sp³-hybridized carbons (Fsp3) is 0.192. The van der Waals surface area contributed by atoms with Gasteiger partial charge in [0.2, 0.25) is 0 Å². The average Bonchev–Trinajstić information content (AvgIpc) is 2.77. The minimum Gasteiger partial charge on any atom is -0.508 e. The lowest BCUT2D eigenvalue weighted by molar-refractivity contribution is 0.0951. The molecule has 1 amide bonds. The first kappa shape index (κ1) is 20.8. The summed E-state index contributed by atoms with van der Waals surface area (Å²) < 4.78 is 26.3. The quantitative estimate of drug-likeness (QED) is 0.580. The van der Waals surface area contributed by atoms with Crippen LogP contribution in [0.3, 0.4) is 0 Å². The summed E-state index contributed by atoms with van der Waals surface area (Å²) in [6, 6.07) is 16.4. The molecule has 3 aromatic rings. The number of halogens is 2. The zero-order chi connectivity index (χ0) is 22.0. The molecule has 1 aliphatic carbocycles. The van der Waals surface area contributed by atoms with Gasteiger partial charge in [0.1, 0.15) is 5.75 Å². The summed E-state index contributed by atoms with van der Waals surface area (Å²) in [4.78, 5) is 12.4. The van der Waals surface area contributed by atoms with Crippen molar-refractivity contribution in [2.75, 3.05) is 0 Å². The molecule has 0 heterocycles. The van der Waals surface area contributed by atoms with Gasteiger partial charge >= 0.3 is 0 Å². The number of hydrogen-bond acceptors (Lipinski definition) is 2. The molecule has 0 aromatic heterocycles. The van der Waals surface area contributed by atoms with Crippen molar-refractivity contribution in [3.05, 3.63) is 107 Å². The van der Waals surface area contributed by atoms with Gasteiger partial charge in [-0.25, -0.2) is 8.78 Å². The van der Waals surface area contributed by atoms with E-state index < -0.39 is 11.6 Å². The molecule has 4 rings (SSSR count). The third kappa shape index (κ3) is 4.66. The van der Waals surface area contributed by atoms with Gasteiger partial charge in [-0.1, -0.05) is 30.8 Å². The maximum absolute atomic E-state index is 13.3. The molecule has 3 aromatic carbocycles. The number of aromatic hydroxyl groups is 1. The molecular formula is C26H23F2NO2. The summed E-state index contributed by atoms with van der Waals surface area (Å²) in [6.45, 7) is 4.40. The topological polar surface area (TPSA) is 49.3 Å². The number of allylic oxidation sites excluding steroid dienone is 1. The number of nitrogens with one attached hydrogen (secondary N) is 1. The Bertz CT molecular complexity index is 1140. The Hall–Kier alpha value is -3.47. The van der Waals surface area contributed by atoms with Gasteiger partial charge in [0.05, 0.1) is 0 Å². The lowest BCUT2D eigenvalue weighted by Crippen LogP contribution is -2.23. The zero-order valence-electron chi connectivity index (χ0n) is 17.0. The fourth-order valence-corrected chi connectivity index (χ4v) is 4.06. The van der Waals surface area contributed by atoms with Gasteiger partial charge in [-0.2, -0.15) is 0 Å². The monoisotopic (exact) mass is 419 g/mol. The Labute approximate surface area is 180 Å². The van der Waals surface area contributed by atoms with Crippen molar-refractivity contribution >= 4 is 11.5 Å². The first-order valence-electron chi connectivity index (χ1n) is 10.2. The highest BCUT2D eigenvalue weighted by atomic mass is 19.2. The molecule has 2 N–H and O–H groups in total. The van der Waals surface area contributed by atoms with Gasteiger partial charge in [0.15, 0.2) is 11.6 Å². The van der Waals surface area contributed by atoms with Gasteiger partial charge in [-0.15, -0.1) is 0 Å². The van der Waals surface area contributed by atoms with E-state index in [1.54, 1.807) is 18.2 Å². The van der Waals surface area contributed by atoms with E-state index >= 15 is 0 Å². The predicted molar refractivity (Wildman–Crippen MR) is 117 cm³/mol. The summed E-state index contributed by atoms with van der Waals surface area (Å²) in [5.74, 6) is -1.52. The van der Waals surface area contributed by atoms with Crippen molar-refractivity contribution in [1.82, 2.24) is 5.32 Å². The second kappa shape index (κ2) is 8.72. The summed E-state index contributed by atoms with van der Waals surface area (Å²) >= 11 is 0. The van der Waals surface area contributed by atoms with Crippen molar-refractivity contribution in [1.29, 1.82) is 0 Å². The molecule has 0 spiro atoms. The third-order valence-corrected chi connectivity index (χ3v) is 5.83. The van der Waals surface area contributed by atoms with Crippen LogP contribution in [-0.2, 0) is 19.4 Å². The van der Waals surface area contributed by atoms with Crippen molar-refractivity contribution in [2.45, 2.75) is 25.8 Å². The number of rotatable bonds is 5. The van der Waals surface area contributed by atoms with Crippen molar-refractivity contribution in [3.8, 4) is 5.75 Å². The number of amides is 1. The van der Waals surface area contributed by atoms with Crippen molar-refractivity contribution in [3.63, 3.8) is 0 Å². The van der Waals surface area contributed by atoms with Crippen LogP contribution in [0.15, 0.2) is 67.2 Å². The summed E-state index contributed by atoms with van der Waals surface area (Å²) in [6.07, 6.45) is 2.69. The molecule has 0 radical (unpaired) electrons. The standard InChI is InChI=1S/C26H23F2NO2/c1-16-20(7-8-21-14-22(30)9-10-23(16)21)12-17-2-5-19(6-3-17)26(31)29-15-18-4-11-24(27)25(28)13-18/h2-6,9-11,13-14,20,30H,1,7-8,12,15H2,(H,29,31). The Kier molecular flexibility index (Phi) is 5.85. The minimum atomic E-state index is -0.931. The second-order valence-electron chi connectivity index (χ2n) is 7.93. The first-order chi connectivity index (χ1) is 14.9. The molecule has 3 nitrogen and oxygen atoms in total. The predicted octanol–water partition coefficient (Wildman–Crippen LogP) is 5.42. The molecule has 0 aliphatic heterocycles. The van der Waals surface area contributed by atoms with E-state index in [1.807, 2.05) is 24.3 Å². The number of carbonyl (C=O) groups is 1. The van der Waals surface area contributed by atoms with E-state index in [2.05, 4.69) is 11.9 Å². The Morgan fingerprint density at radius 2 is 1.74 bits per heavy atom. The van der Waals surface area contributed by atoms with E-state index in [0.717, 1.165) is 53.7 Å². The SMILES string of the molecule is C=C1c2ccc(O)cc2CCC1Cc1ccc(C(=O)NCc2ccc(F)c(F)c2)cc1. The Balaban J connectivity index is 1.36. The van der Waals surface area contributed by atoms with Crippen LogP contribution in [0.4, 0.5) is 8.78 Å². The average molecular weight is 419 g/mol. The van der Waals surface area contributed by atoms with Gasteiger partial charge in [0.25, 0.3) is 5.91 Å². The van der Waals surface area contributed by atoms with Gasteiger partial charge in [-0.05, 0) is 89.4 Å². The number of carbonyl (C=O) groups excluding carboxylic acids is 1. The van der Waals surface area contributed by atoms with Crippen molar-refractivity contribution in [2.24, 2.45) is 5.92 Å². The number of hydrogen-bond donors (Lipinski definition) is 2. The normalized spacial score (nSPS) is 15.4. The highest BCUT2D eigenvalue weighted by Gasteiger charge is 2.23. The Morgan fingerprint density at radius 1 is 1.00 bits per heavy atom. The highest BCUT2D eigenvalue weighted by Crippen LogP contribution is 2.37. The highest BCUT2D eigenvalue weighted by molar-refractivity contribution is 5.94. The van der Waals surface area contributed by atoms with Gasteiger partial charge in [0, 0.05) is 12.1 Å². The molecule has 1 unspecified atom stereocenters. The number of fused-ring (bicyclic) bond motifs is 1. The second-order valence-corrected chi connectivity index (χ2v) is 7.93. The summed E-state index contributed by atoms with van der Waals surface area (Å²) in [5, 5.41) is 12.4. The summed E-state index contributed by atoms with van der Waals surface area (Å²) in [7, 11) is 0. The maximum atomic E-state index is 13.3. The van der Waals surface area contributed by atoms with Crippen LogP contribution in [0.1, 0.15) is 39.0 Å². The van der Waals surface area contributed by atoms with E-state index in [4.69, 9.17) is 0 Å². The largest absolute Gasteiger partial charge is 0.508 e. The van der Waals surface area contributed by atoms with Crippen LogP contribution in [0, 0.1) is 17.6 Å².